The van der Waals surface area contributed by atoms with Crippen molar-refractivity contribution in [2.24, 2.45) is 0 Å². The van der Waals surface area contributed by atoms with Crippen LogP contribution in [0.15, 0.2) is 18.3 Å². The number of sulfonamides is 1. The Hall–Kier alpha value is -1.18. The van der Waals surface area contributed by atoms with Gasteiger partial charge in [0.15, 0.2) is 0 Å². The zero-order valence-corrected chi connectivity index (χ0v) is 10.8. The first-order valence-corrected chi connectivity index (χ1v) is 7.05. The molecule has 0 aliphatic heterocycles. The predicted octanol–water partition coefficient (Wildman–Crippen LogP) is -0.271. The Kier molecular flexibility index (Phi) is 5.33. The zero-order valence-electron chi connectivity index (χ0n) is 9.93. The van der Waals surface area contributed by atoms with E-state index < -0.39 is 10.0 Å². The second-order valence-corrected chi connectivity index (χ2v) is 5.35. The van der Waals surface area contributed by atoms with E-state index in [4.69, 9.17) is 4.74 Å². The molecule has 0 saturated heterocycles. The zero-order chi connectivity index (χ0) is 12.7. The SMILES string of the molecule is COc1ncccc1CNCCNS(C)(=O)=O. The lowest BCUT2D eigenvalue weighted by Crippen LogP contribution is -2.30. The molecule has 0 amide bonds. The van der Waals surface area contributed by atoms with E-state index in [9.17, 15) is 8.42 Å². The maximum atomic E-state index is 10.8. The van der Waals surface area contributed by atoms with Crippen LogP contribution in [-0.2, 0) is 16.6 Å². The van der Waals surface area contributed by atoms with E-state index in [-0.39, 0.29) is 0 Å². The van der Waals surface area contributed by atoms with Crippen LogP contribution >= 0.6 is 0 Å². The van der Waals surface area contributed by atoms with Gasteiger partial charge in [-0.2, -0.15) is 0 Å². The Labute approximate surface area is 101 Å². The molecule has 0 aliphatic rings. The van der Waals surface area contributed by atoms with Crippen molar-refractivity contribution in [2.75, 3.05) is 26.5 Å². The molecule has 1 rings (SSSR count). The maximum absolute atomic E-state index is 10.8. The number of ether oxygens (including phenoxy) is 1. The van der Waals surface area contributed by atoms with E-state index in [1.807, 2.05) is 12.1 Å². The van der Waals surface area contributed by atoms with Crippen molar-refractivity contribution < 1.29 is 13.2 Å². The normalized spacial score (nSPS) is 11.4. The highest BCUT2D eigenvalue weighted by Gasteiger charge is 2.02. The van der Waals surface area contributed by atoms with E-state index in [2.05, 4.69) is 15.0 Å². The van der Waals surface area contributed by atoms with Crippen LogP contribution in [0, 0.1) is 0 Å². The molecule has 1 aromatic rings. The number of methoxy groups -OCH3 is 1. The summed E-state index contributed by atoms with van der Waals surface area (Å²) in [4.78, 5) is 4.06. The van der Waals surface area contributed by atoms with Crippen molar-refractivity contribution in [1.29, 1.82) is 0 Å². The number of hydrogen-bond donors (Lipinski definition) is 2. The van der Waals surface area contributed by atoms with Gasteiger partial charge in [0.25, 0.3) is 0 Å². The third-order valence-corrected chi connectivity index (χ3v) is 2.75. The molecule has 0 unspecified atom stereocenters. The molecule has 0 bridgehead atoms. The van der Waals surface area contributed by atoms with Gasteiger partial charge in [0.05, 0.1) is 13.4 Å². The smallest absolute Gasteiger partial charge is 0.217 e. The third kappa shape index (κ3) is 5.62. The molecule has 0 aromatic carbocycles. The number of nitrogens with zero attached hydrogens (tertiary/aromatic N) is 1. The molecule has 0 aliphatic carbocycles. The summed E-state index contributed by atoms with van der Waals surface area (Å²) < 4.78 is 29.1. The summed E-state index contributed by atoms with van der Waals surface area (Å²) in [6.45, 7) is 1.50. The van der Waals surface area contributed by atoms with Crippen molar-refractivity contribution in [3.05, 3.63) is 23.9 Å². The van der Waals surface area contributed by atoms with Crippen LogP contribution in [0.5, 0.6) is 5.88 Å². The average Bonchev–Trinajstić information content (AvgIpc) is 2.27. The maximum Gasteiger partial charge on any atom is 0.217 e. The first kappa shape index (κ1) is 13.9. The fraction of sp³-hybridized carbons (Fsp3) is 0.500. The Balaban J connectivity index is 2.31. The van der Waals surface area contributed by atoms with Gasteiger partial charge in [-0.1, -0.05) is 6.07 Å². The van der Waals surface area contributed by atoms with E-state index >= 15 is 0 Å². The predicted molar refractivity (Wildman–Crippen MR) is 65.3 cm³/mol. The molecule has 6 nitrogen and oxygen atoms in total. The molecule has 0 atom stereocenters. The van der Waals surface area contributed by atoms with E-state index in [1.54, 1.807) is 13.3 Å². The molecule has 0 fully saturated rings. The molecule has 17 heavy (non-hydrogen) atoms. The summed E-state index contributed by atoms with van der Waals surface area (Å²) in [5.41, 5.74) is 0.939. The second-order valence-electron chi connectivity index (χ2n) is 3.52. The van der Waals surface area contributed by atoms with Gasteiger partial charge >= 0.3 is 0 Å². The van der Waals surface area contributed by atoms with Crippen molar-refractivity contribution in [2.45, 2.75) is 6.54 Å². The first-order valence-electron chi connectivity index (χ1n) is 5.16. The molecule has 1 heterocycles. The lowest BCUT2D eigenvalue weighted by Gasteiger charge is -2.08. The standard InChI is InChI=1S/C10H17N3O3S/c1-16-10-9(4-3-5-12-10)8-11-6-7-13-17(2,14)15/h3-5,11,13H,6-8H2,1-2H3. The largest absolute Gasteiger partial charge is 0.481 e. The monoisotopic (exact) mass is 259 g/mol. The summed E-state index contributed by atoms with van der Waals surface area (Å²) in [5, 5.41) is 3.10. The van der Waals surface area contributed by atoms with Crippen molar-refractivity contribution in [1.82, 2.24) is 15.0 Å². The highest BCUT2D eigenvalue weighted by molar-refractivity contribution is 7.88. The summed E-state index contributed by atoms with van der Waals surface area (Å²) in [6, 6.07) is 3.73. The van der Waals surface area contributed by atoms with Crippen LogP contribution in [0.25, 0.3) is 0 Å². The van der Waals surface area contributed by atoms with Crippen molar-refractivity contribution >= 4 is 10.0 Å². The van der Waals surface area contributed by atoms with Gasteiger partial charge in [-0.3, -0.25) is 0 Å². The Morgan fingerprint density at radius 2 is 2.18 bits per heavy atom. The Bertz CT molecular complexity index is 448. The molecule has 1 aromatic heterocycles. The molecule has 96 valence electrons. The number of rotatable bonds is 7. The van der Waals surface area contributed by atoms with Crippen LogP contribution in [-0.4, -0.2) is 39.9 Å². The fourth-order valence-corrected chi connectivity index (χ4v) is 1.76. The summed E-state index contributed by atoms with van der Waals surface area (Å²) in [5.74, 6) is 0.580. The number of hydrogen-bond acceptors (Lipinski definition) is 5. The van der Waals surface area contributed by atoms with Gasteiger partial charge in [-0.25, -0.2) is 18.1 Å². The molecule has 2 N–H and O–H groups in total. The van der Waals surface area contributed by atoms with Gasteiger partial charge in [0.1, 0.15) is 0 Å². The topological polar surface area (TPSA) is 80.3 Å². The minimum atomic E-state index is -3.11. The van der Waals surface area contributed by atoms with Crippen LogP contribution in [0.2, 0.25) is 0 Å². The average molecular weight is 259 g/mol. The third-order valence-electron chi connectivity index (χ3n) is 2.02. The van der Waals surface area contributed by atoms with Crippen molar-refractivity contribution in [3.8, 4) is 5.88 Å². The summed E-state index contributed by atoms with van der Waals surface area (Å²) >= 11 is 0. The van der Waals surface area contributed by atoms with Gasteiger partial charge in [0.2, 0.25) is 15.9 Å². The number of pyridine rings is 1. The van der Waals surface area contributed by atoms with Gasteiger partial charge in [-0.15, -0.1) is 0 Å². The van der Waals surface area contributed by atoms with Gasteiger partial charge in [-0.05, 0) is 6.07 Å². The van der Waals surface area contributed by atoms with Gasteiger partial charge in [0, 0.05) is 31.4 Å². The summed E-state index contributed by atoms with van der Waals surface area (Å²) in [6.07, 6.45) is 2.80. The lowest BCUT2D eigenvalue weighted by atomic mass is 10.2. The summed E-state index contributed by atoms with van der Waals surface area (Å²) in [7, 11) is -1.54. The van der Waals surface area contributed by atoms with Crippen LogP contribution in [0.3, 0.4) is 0 Å². The van der Waals surface area contributed by atoms with Crippen molar-refractivity contribution in [3.63, 3.8) is 0 Å². The highest BCUT2D eigenvalue weighted by atomic mass is 32.2. The number of aromatic nitrogens is 1. The van der Waals surface area contributed by atoms with Gasteiger partial charge < -0.3 is 10.1 Å². The first-order chi connectivity index (χ1) is 8.03. The second kappa shape index (κ2) is 6.53. The Morgan fingerprint density at radius 3 is 2.82 bits per heavy atom. The number of nitrogens with one attached hydrogen (secondary N) is 2. The highest BCUT2D eigenvalue weighted by Crippen LogP contribution is 2.12. The molecule has 0 spiro atoms. The van der Waals surface area contributed by atoms with Crippen LogP contribution in [0.1, 0.15) is 5.56 Å². The minimum Gasteiger partial charge on any atom is -0.481 e. The molecular weight excluding hydrogens is 242 g/mol. The van der Waals surface area contributed by atoms with E-state index in [1.165, 1.54) is 0 Å². The molecule has 0 saturated carbocycles. The quantitative estimate of drug-likeness (QED) is 0.659. The molecule has 7 heteroatoms. The van der Waals surface area contributed by atoms with E-state index in [0.29, 0.717) is 25.5 Å². The molecular formula is C10H17N3O3S. The molecule has 0 radical (unpaired) electrons. The van der Waals surface area contributed by atoms with E-state index in [0.717, 1.165) is 11.8 Å². The Morgan fingerprint density at radius 1 is 1.41 bits per heavy atom. The minimum absolute atomic E-state index is 0.363. The van der Waals surface area contributed by atoms with Crippen LogP contribution in [0.4, 0.5) is 0 Å². The van der Waals surface area contributed by atoms with Crippen LogP contribution < -0.4 is 14.8 Å². The fourth-order valence-electron chi connectivity index (χ4n) is 1.29. The lowest BCUT2D eigenvalue weighted by molar-refractivity contribution is 0.390.